The first-order valence-corrected chi connectivity index (χ1v) is 10.2. The average Bonchev–Trinajstić information content (AvgIpc) is 2.79. The van der Waals surface area contributed by atoms with Crippen LogP contribution in [0.4, 0.5) is 5.69 Å². The van der Waals surface area contributed by atoms with Gasteiger partial charge in [-0.1, -0.05) is 36.4 Å². The number of nitrogens with zero attached hydrogens (tertiary/aromatic N) is 3. The smallest absolute Gasteiger partial charge is 0.103 e. The third kappa shape index (κ3) is 4.25. The number of aliphatic hydroxyl groups is 1. The first-order valence-electron chi connectivity index (χ1n) is 10.2. The average molecular weight is 409 g/mol. The maximum absolute atomic E-state index is 10.4. The number of benzene rings is 2. The summed E-state index contributed by atoms with van der Waals surface area (Å²) in [5.74, 6) is 0. The minimum atomic E-state index is -0.979. The molecule has 2 aromatic heterocycles. The highest BCUT2D eigenvalue weighted by Gasteiger charge is 2.18. The van der Waals surface area contributed by atoms with Crippen molar-refractivity contribution in [1.29, 1.82) is 5.26 Å². The Bertz CT molecular complexity index is 1270. The fourth-order valence-electron chi connectivity index (χ4n) is 3.59. The predicted octanol–water partition coefficient (Wildman–Crippen LogP) is 5.57. The summed E-state index contributed by atoms with van der Waals surface area (Å²) in [6.07, 6.45) is 5.06. The molecule has 1 unspecified atom stereocenters. The molecule has 0 aliphatic heterocycles. The molecular formula is C26H24N4O. The molecule has 0 radical (unpaired) electrons. The fraction of sp³-hybridized carbons (Fsp3) is 0.192. The molecule has 2 N–H and O–H groups in total. The molecule has 0 aliphatic carbocycles. The van der Waals surface area contributed by atoms with Crippen LogP contribution in [-0.4, -0.2) is 15.1 Å². The van der Waals surface area contributed by atoms with E-state index in [4.69, 9.17) is 0 Å². The SMILES string of the molecule is CC(Nc1c(C#N)cnc2ccc(-c3cncc(C(C)(C)O)c3)cc12)c1ccccc1. The van der Waals surface area contributed by atoms with Crippen molar-refractivity contribution >= 4 is 16.6 Å². The van der Waals surface area contributed by atoms with Crippen molar-refractivity contribution in [2.45, 2.75) is 32.4 Å². The van der Waals surface area contributed by atoms with Gasteiger partial charge in [0, 0.05) is 41.1 Å². The Balaban J connectivity index is 1.82. The van der Waals surface area contributed by atoms with Gasteiger partial charge in [0.15, 0.2) is 0 Å². The van der Waals surface area contributed by atoms with Crippen molar-refractivity contribution in [3.8, 4) is 17.2 Å². The number of nitrogens with one attached hydrogen (secondary N) is 1. The van der Waals surface area contributed by atoms with Crippen LogP contribution in [0, 0.1) is 11.3 Å². The molecule has 0 bridgehead atoms. The number of hydrogen-bond acceptors (Lipinski definition) is 5. The lowest BCUT2D eigenvalue weighted by atomic mass is 9.96. The maximum Gasteiger partial charge on any atom is 0.103 e. The van der Waals surface area contributed by atoms with Crippen LogP contribution in [0.1, 0.15) is 43.5 Å². The zero-order valence-electron chi connectivity index (χ0n) is 17.8. The molecule has 5 heteroatoms. The van der Waals surface area contributed by atoms with Gasteiger partial charge in [-0.25, -0.2) is 0 Å². The van der Waals surface area contributed by atoms with Crippen LogP contribution < -0.4 is 5.32 Å². The highest BCUT2D eigenvalue weighted by atomic mass is 16.3. The molecule has 0 fully saturated rings. The lowest BCUT2D eigenvalue weighted by Gasteiger charge is -2.19. The van der Waals surface area contributed by atoms with Gasteiger partial charge in [0.2, 0.25) is 0 Å². The largest absolute Gasteiger partial charge is 0.386 e. The van der Waals surface area contributed by atoms with E-state index in [1.807, 2.05) is 42.5 Å². The number of nitriles is 1. The van der Waals surface area contributed by atoms with Crippen molar-refractivity contribution in [3.05, 3.63) is 89.9 Å². The van der Waals surface area contributed by atoms with E-state index in [0.717, 1.165) is 38.8 Å². The first kappa shape index (κ1) is 20.5. The summed E-state index contributed by atoms with van der Waals surface area (Å²) in [4.78, 5) is 8.77. The summed E-state index contributed by atoms with van der Waals surface area (Å²) in [6, 6.07) is 20.3. The highest BCUT2D eigenvalue weighted by Crippen LogP contribution is 2.33. The van der Waals surface area contributed by atoms with Crippen LogP contribution in [-0.2, 0) is 5.60 Å². The van der Waals surface area contributed by atoms with Crippen molar-refractivity contribution in [2.24, 2.45) is 0 Å². The second-order valence-corrected chi connectivity index (χ2v) is 8.19. The predicted molar refractivity (Wildman–Crippen MR) is 123 cm³/mol. The van der Waals surface area contributed by atoms with Crippen LogP contribution in [0.5, 0.6) is 0 Å². The van der Waals surface area contributed by atoms with Gasteiger partial charge in [-0.3, -0.25) is 9.97 Å². The lowest BCUT2D eigenvalue weighted by Crippen LogP contribution is -2.15. The third-order valence-electron chi connectivity index (χ3n) is 5.43. The molecule has 0 saturated carbocycles. The first-order chi connectivity index (χ1) is 14.9. The van der Waals surface area contributed by atoms with E-state index in [1.165, 1.54) is 0 Å². The normalized spacial score (nSPS) is 12.4. The van der Waals surface area contributed by atoms with Gasteiger partial charge >= 0.3 is 0 Å². The van der Waals surface area contributed by atoms with E-state index in [2.05, 4.69) is 40.4 Å². The number of anilines is 1. The number of fused-ring (bicyclic) bond motifs is 1. The molecule has 0 amide bonds. The van der Waals surface area contributed by atoms with Gasteiger partial charge in [-0.15, -0.1) is 0 Å². The molecule has 5 nitrogen and oxygen atoms in total. The van der Waals surface area contributed by atoms with Crippen molar-refractivity contribution in [1.82, 2.24) is 9.97 Å². The molecule has 0 saturated heterocycles. The summed E-state index contributed by atoms with van der Waals surface area (Å²) < 4.78 is 0. The highest BCUT2D eigenvalue weighted by molar-refractivity contribution is 5.96. The van der Waals surface area contributed by atoms with Gasteiger partial charge in [-0.05, 0) is 50.1 Å². The number of hydrogen-bond donors (Lipinski definition) is 2. The van der Waals surface area contributed by atoms with Crippen molar-refractivity contribution in [2.75, 3.05) is 5.32 Å². The van der Waals surface area contributed by atoms with E-state index in [0.29, 0.717) is 5.56 Å². The Kier molecular flexibility index (Phi) is 5.41. The molecular weight excluding hydrogens is 384 g/mol. The van der Waals surface area contributed by atoms with Gasteiger partial charge < -0.3 is 10.4 Å². The zero-order chi connectivity index (χ0) is 22.0. The Hall–Kier alpha value is -3.75. The third-order valence-corrected chi connectivity index (χ3v) is 5.43. The van der Waals surface area contributed by atoms with Gasteiger partial charge in [-0.2, -0.15) is 5.26 Å². The summed E-state index contributed by atoms with van der Waals surface area (Å²) in [5, 5.41) is 24.4. The van der Waals surface area contributed by atoms with Crippen LogP contribution >= 0.6 is 0 Å². The monoisotopic (exact) mass is 408 g/mol. The zero-order valence-corrected chi connectivity index (χ0v) is 17.8. The Labute approximate surface area is 182 Å². The second-order valence-electron chi connectivity index (χ2n) is 8.19. The Morgan fingerprint density at radius 2 is 1.77 bits per heavy atom. The summed E-state index contributed by atoms with van der Waals surface area (Å²) in [7, 11) is 0. The topological polar surface area (TPSA) is 81.8 Å². The van der Waals surface area contributed by atoms with Crippen molar-refractivity contribution in [3.63, 3.8) is 0 Å². The minimum Gasteiger partial charge on any atom is -0.386 e. The number of pyridine rings is 2. The van der Waals surface area contributed by atoms with E-state index in [1.54, 1.807) is 32.4 Å². The van der Waals surface area contributed by atoms with E-state index < -0.39 is 5.60 Å². The molecule has 0 spiro atoms. The molecule has 154 valence electrons. The van der Waals surface area contributed by atoms with Crippen molar-refractivity contribution < 1.29 is 5.11 Å². The number of aromatic nitrogens is 2. The molecule has 1 atom stereocenters. The van der Waals surface area contributed by atoms with E-state index >= 15 is 0 Å². The molecule has 4 rings (SSSR count). The van der Waals surface area contributed by atoms with Gasteiger partial charge in [0.1, 0.15) is 6.07 Å². The molecule has 2 aromatic carbocycles. The summed E-state index contributed by atoms with van der Waals surface area (Å²) in [5.41, 5.74) is 4.79. The summed E-state index contributed by atoms with van der Waals surface area (Å²) in [6.45, 7) is 5.55. The van der Waals surface area contributed by atoms with E-state index in [9.17, 15) is 10.4 Å². The van der Waals surface area contributed by atoms with Crippen LogP contribution in [0.2, 0.25) is 0 Å². The number of rotatable bonds is 5. The second kappa shape index (κ2) is 8.17. The van der Waals surface area contributed by atoms with E-state index in [-0.39, 0.29) is 6.04 Å². The lowest BCUT2D eigenvalue weighted by molar-refractivity contribution is 0.0783. The molecule has 2 heterocycles. The fourth-order valence-corrected chi connectivity index (χ4v) is 3.59. The Morgan fingerprint density at radius 3 is 2.48 bits per heavy atom. The molecule has 31 heavy (non-hydrogen) atoms. The van der Waals surface area contributed by atoms with Crippen LogP contribution in [0.3, 0.4) is 0 Å². The standard InChI is InChI=1S/C26H24N4O/c1-17(18-7-5-4-6-8-18)30-25-21(13-27)15-29-24-10-9-19(12-23(24)25)20-11-22(16-28-14-20)26(2,3)31/h4-12,14-17,31H,1-3H3,(H,29,30). The maximum atomic E-state index is 10.4. The van der Waals surface area contributed by atoms with Gasteiger partial charge in [0.05, 0.1) is 22.4 Å². The van der Waals surface area contributed by atoms with Crippen LogP contribution in [0.15, 0.2) is 73.2 Å². The van der Waals surface area contributed by atoms with Gasteiger partial charge in [0.25, 0.3) is 0 Å². The van der Waals surface area contributed by atoms with Crippen LogP contribution in [0.25, 0.3) is 22.0 Å². The quantitative estimate of drug-likeness (QED) is 0.451. The Morgan fingerprint density at radius 1 is 1.00 bits per heavy atom. The molecule has 4 aromatic rings. The summed E-state index contributed by atoms with van der Waals surface area (Å²) >= 11 is 0. The molecule has 0 aliphatic rings. The minimum absolute atomic E-state index is 0.0164.